The van der Waals surface area contributed by atoms with E-state index >= 15 is 0 Å². The van der Waals surface area contributed by atoms with Gasteiger partial charge in [0.25, 0.3) is 0 Å². The Hall–Kier alpha value is -2.54. The number of H-pyrrole nitrogens is 1. The van der Waals surface area contributed by atoms with Crippen LogP contribution in [0.15, 0.2) is 24.3 Å². The Morgan fingerprint density at radius 3 is 2.50 bits per heavy atom. The average molecular weight is 268 g/mol. The molecule has 2 rings (SSSR count). The molecule has 1 aromatic heterocycles. The average Bonchev–Trinajstić information content (AvgIpc) is 2.76. The number of hydrogen-bond donors (Lipinski definition) is 2. The van der Waals surface area contributed by atoms with Gasteiger partial charge < -0.3 is 10.1 Å². The highest BCUT2D eigenvalue weighted by Crippen LogP contribution is 2.31. The number of aromatic carboxylic acids is 1. The van der Waals surface area contributed by atoms with E-state index in [-0.39, 0.29) is 0 Å². The van der Waals surface area contributed by atoms with Gasteiger partial charge in [0.05, 0.1) is 17.2 Å². The van der Waals surface area contributed by atoms with Crippen LogP contribution in [0.2, 0.25) is 0 Å². The molecule has 0 atom stereocenters. The molecule has 4 nitrogen and oxygen atoms in total. The summed E-state index contributed by atoms with van der Waals surface area (Å²) in [7, 11) is 0. The van der Waals surface area contributed by atoms with Gasteiger partial charge >= 0.3 is 5.97 Å². The van der Waals surface area contributed by atoms with Crippen molar-refractivity contribution in [1.29, 1.82) is 5.26 Å². The second-order valence-corrected chi connectivity index (χ2v) is 4.72. The molecule has 0 aliphatic rings. The van der Waals surface area contributed by atoms with Gasteiger partial charge in [-0.25, -0.2) is 4.79 Å². The third-order valence-electron chi connectivity index (χ3n) is 3.28. The summed E-state index contributed by atoms with van der Waals surface area (Å²) in [5, 5.41) is 18.3. The van der Waals surface area contributed by atoms with Crippen LogP contribution in [-0.2, 0) is 6.42 Å². The summed E-state index contributed by atoms with van der Waals surface area (Å²) >= 11 is 0. The SMILES string of the molecule is CCCc1[nH]c(C)c(-c2ccc(C#N)cc2)c1C(=O)O. The number of aromatic amines is 1. The molecule has 0 bridgehead atoms. The van der Waals surface area contributed by atoms with Crippen molar-refractivity contribution in [2.45, 2.75) is 26.7 Å². The maximum atomic E-state index is 11.6. The number of aryl methyl sites for hydroxylation is 2. The molecular weight excluding hydrogens is 252 g/mol. The van der Waals surface area contributed by atoms with Gasteiger partial charge in [0.2, 0.25) is 0 Å². The van der Waals surface area contributed by atoms with Crippen LogP contribution in [0, 0.1) is 18.3 Å². The number of hydrogen-bond acceptors (Lipinski definition) is 2. The Labute approximate surface area is 117 Å². The first-order valence-electron chi connectivity index (χ1n) is 6.53. The van der Waals surface area contributed by atoms with Gasteiger partial charge in [-0.2, -0.15) is 5.26 Å². The summed E-state index contributed by atoms with van der Waals surface area (Å²) in [6.45, 7) is 3.89. The highest BCUT2D eigenvalue weighted by atomic mass is 16.4. The smallest absolute Gasteiger partial charge is 0.338 e. The summed E-state index contributed by atoms with van der Waals surface area (Å²) in [6, 6.07) is 9.04. The zero-order valence-corrected chi connectivity index (χ0v) is 11.5. The Morgan fingerprint density at radius 1 is 1.35 bits per heavy atom. The second kappa shape index (κ2) is 5.62. The van der Waals surface area contributed by atoms with Crippen LogP contribution in [0.5, 0.6) is 0 Å². The zero-order chi connectivity index (χ0) is 14.7. The highest BCUT2D eigenvalue weighted by molar-refractivity contribution is 5.98. The lowest BCUT2D eigenvalue weighted by molar-refractivity contribution is 0.0696. The van der Waals surface area contributed by atoms with E-state index in [4.69, 9.17) is 5.26 Å². The number of carbonyl (C=O) groups is 1. The Morgan fingerprint density at radius 2 is 2.00 bits per heavy atom. The van der Waals surface area contributed by atoms with E-state index < -0.39 is 5.97 Å². The molecule has 0 fully saturated rings. The van der Waals surface area contributed by atoms with Gasteiger partial charge in [-0.15, -0.1) is 0 Å². The summed E-state index contributed by atoms with van der Waals surface area (Å²) in [6.07, 6.45) is 1.59. The minimum Gasteiger partial charge on any atom is -0.478 e. The lowest BCUT2D eigenvalue weighted by Crippen LogP contribution is -2.02. The molecule has 4 heteroatoms. The van der Waals surface area contributed by atoms with E-state index in [2.05, 4.69) is 11.1 Å². The first-order chi connectivity index (χ1) is 9.58. The van der Waals surface area contributed by atoms with Gasteiger partial charge in [-0.3, -0.25) is 0 Å². The van der Waals surface area contributed by atoms with Crippen LogP contribution in [0.3, 0.4) is 0 Å². The molecule has 2 aromatic rings. The Kier molecular flexibility index (Phi) is 3.90. The van der Waals surface area contributed by atoms with Crippen molar-refractivity contribution in [2.24, 2.45) is 0 Å². The van der Waals surface area contributed by atoms with Crippen LogP contribution >= 0.6 is 0 Å². The molecule has 0 amide bonds. The quantitative estimate of drug-likeness (QED) is 0.890. The topological polar surface area (TPSA) is 76.9 Å². The standard InChI is InChI=1S/C16H16N2O2/c1-3-4-13-15(16(19)20)14(10(2)18-13)12-7-5-11(9-17)6-8-12/h5-8,18H,3-4H2,1-2H3,(H,19,20). The number of carboxylic acids is 1. The predicted molar refractivity (Wildman–Crippen MR) is 76.6 cm³/mol. The molecule has 0 aliphatic carbocycles. The third-order valence-corrected chi connectivity index (χ3v) is 3.28. The fourth-order valence-electron chi connectivity index (χ4n) is 2.44. The lowest BCUT2D eigenvalue weighted by Gasteiger charge is -2.04. The molecule has 1 aromatic carbocycles. The molecular formula is C16H16N2O2. The van der Waals surface area contributed by atoms with Crippen molar-refractivity contribution in [2.75, 3.05) is 0 Å². The summed E-state index contributed by atoms with van der Waals surface area (Å²) in [5.41, 5.74) is 4.04. The highest BCUT2D eigenvalue weighted by Gasteiger charge is 2.21. The number of benzene rings is 1. The van der Waals surface area contributed by atoms with Crippen molar-refractivity contribution < 1.29 is 9.90 Å². The second-order valence-electron chi connectivity index (χ2n) is 4.72. The number of nitrogens with one attached hydrogen (secondary N) is 1. The van der Waals surface area contributed by atoms with E-state index in [1.165, 1.54) is 0 Å². The van der Waals surface area contributed by atoms with Crippen LogP contribution in [0.4, 0.5) is 0 Å². The van der Waals surface area contributed by atoms with Crippen LogP contribution in [0.1, 0.15) is 40.7 Å². The summed E-state index contributed by atoms with van der Waals surface area (Å²) in [4.78, 5) is 14.7. The van der Waals surface area contributed by atoms with Crippen LogP contribution in [-0.4, -0.2) is 16.1 Å². The first kappa shape index (κ1) is 13.9. The Bertz CT molecular complexity index is 676. The van der Waals surface area contributed by atoms with E-state index in [1.54, 1.807) is 24.3 Å². The molecule has 0 unspecified atom stereocenters. The molecule has 0 radical (unpaired) electrons. The normalized spacial score (nSPS) is 10.2. The lowest BCUT2D eigenvalue weighted by atomic mass is 9.98. The van der Waals surface area contributed by atoms with Gasteiger partial charge in [0, 0.05) is 17.0 Å². The van der Waals surface area contributed by atoms with Crippen molar-refractivity contribution in [3.63, 3.8) is 0 Å². The maximum absolute atomic E-state index is 11.6. The molecule has 0 saturated carbocycles. The maximum Gasteiger partial charge on any atom is 0.338 e. The predicted octanol–water partition coefficient (Wildman–Crippen LogP) is 3.51. The van der Waals surface area contributed by atoms with Gasteiger partial charge in [0.1, 0.15) is 0 Å². The van der Waals surface area contributed by atoms with E-state index in [1.807, 2.05) is 13.8 Å². The number of aromatic nitrogens is 1. The van der Waals surface area contributed by atoms with Gasteiger partial charge in [-0.05, 0) is 31.0 Å². The monoisotopic (exact) mass is 268 g/mol. The first-order valence-corrected chi connectivity index (χ1v) is 6.53. The molecule has 2 N–H and O–H groups in total. The zero-order valence-electron chi connectivity index (χ0n) is 11.5. The van der Waals surface area contributed by atoms with E-state index in [0.717, 1.165) is 23.4 Å². The minimum atomic E-state index is -0.919. The number of nitrogens with zero attached hydrogens (tertiary/aromatic N) is 1. The molecule has 20 heavy (non-hydrogen) atoms. The Balaban J connectivity index is 2.60. The van der Waals surface area contributed by atoms with Gasteiger partial charge in [0.15, 0.2) is 0 Å². The number of rotatable bonds is 4. The van der Waals surface area contributed by atoms with Gasteiger partial charge in [-0.1, -0.05) is 25.5 Å². The number of carboxylic acid groups (broad SMARTS) is 1. The molecule has 0 aliphatic heterocycles. The third kappa shape index (κ3) is 2.43. The van der Waals surface area contributed by atoms with E-state index in [0.29, 0.717) is 23.1 Å². The van der Waals surface area contributed by atoms with Crippen LogP contribution < -0.4 is 0 Å². The largest absolute Gasteiger partial charge is 0.478 e. The molecule has 1 heterocycles. The van der Waals surface area contributed by atoms with Crippen molar-refractivity contribution in [1.82, 2.24) is 4.98 Å². The minimum absolute atomic E-state index is 0.342. The summed E-state index contributed by atoms with van der Waals surface area (Å²) < 4.78 is 0. The van der Waals surface area contributed by atoms with Crippen molar-refractivity contribution >= 4 is 5.97 Å². The fraction of sp³-hybridized carbons (Fsp3) is 0.250. The molecule has 0 spiro atoms. The van der Waals surface area contributed by atoms with E-state index in [9.17, 15) is 9.90 Å². The number of nitriles is 1. The van der Waals surface area contributed by atoms with Crippen molar-refractivity contribution in [3.8, 4) is 17.2 Å². The molecule has 0 saturated heterocycles. The summed E-state index contributed by atoms with van der Waals surface area (Å²) in [5.74, 6) is -0.919. The fourth-order valence-corrected chi connectivity index (χ4v) is 2.44. The van der Waals surface area contributed by atoms with Crippen molar-refractivity contribution in [3.05, 3.63) is 46.8 Å². The van der Waals surface area contributed by atoms with Crippen LogP contribution in [0.25, 0.3) is 11.1 Å². The molecule has 102 valence electrons.